The van der Waals surface area contributed by atoms with Crippen molar-refractivity contribution in [3.05, 3.63) is 28.6 Å². The number of fused-ring (bicyclic) bond motifs is 1. The van der Waals surface area contributed by atoms with Crippen LogP contribution in [0.2, 0.25) is 0 Å². The van der Waals surface area contributed by atoms with E-state index in [9.17, 15) is 0 Å². The third-order valence-electron chi connectivity index (χ3n) is 2.30. The third-order valence-corrected chi connectivity index (χ3v) is 3.41. The van der Waals surface area contributed by atoms with Crippen molar-refractivity contribution < 1.29 is 4.74 Å². The van der Waals surface area contributed by atoms with Crippen molar-refractivity contribution in [2.75, 3.05) is 7.11 Å². The Morgan fingerprint density at radius 3 is 2.62 bits per heavy atom. The van der Waals surface area contributed by atoms with Crippen molar-refractivity contribution in [2.24, 2.45) is 0 Å². The summed E-state index contributed by atoms with van der Waals surface area (Å²) in [7, 11) is 1.72. The van der Waals surface area contributed by atoms with Crippen LogP contribution in [0.5, 0.6) is 5.75 Å². The van der Waals surface area contributed by atoms with Gasteiger partial charge in [-0.2, -0.15) is 0 Å². The first-order valence-corrected chi connectivity index (χ1v) is 5.13. The van der Waals surface area contributed by atoms with Crippen LogP contribution in [0, 0.1) is 13.8 Å². The van der Waals surface area contributed by atoms with Gasteiger partial charge in [-0.25, -0.2) is 0 Å². The van der Waals surface area contributed by atoms with Crippen LogP contribution in [0.4, 0.5) is 0 Å². The van der Waals surface area contributed by atoms with E-state index in [-0.39, 0.29) is 0 Å². The number of hydrogen-bond acceptors (Lipinski definition) is 2. The summed E-state index contributed by atoms with van der Waals surface area (Å²) in [5.74, 6) is 0.985. The zero-order valence-electron chi connectivity index (χ0n) is 8.05. The lowest BCUT2D eigenvalue weighted by Gasteiger charge is -2.03. The number of benzene rings is 1. The smallest absolute Gasteiger partial charge is 0.136 e. The molecule has 0 aliphatic rings. The summed E-state index contributed by atoms with van der Waals surface area (Å²) < 4.78 is 6.57. The monoisotopic (exact) mass is 192 g/mol. The van der Waals surface area contributed by atoms with E-state index in [0.29, 0.717) is 0 Å². The van der Waals surface area contributed by atoms with E-state index in [1.807, 2.05) is 6.07 Å². The molecule has 0 N–H and O–H groups in total. The van der Waals surface area contributed by atoms with Gasteiger partial charge in [-0.05, 0) is 36.4 Å². The van der Waals surface area contributed by atoms with Gasteiger partial charge in [-0.15, -0.1) is 11.3 Å². The van der Waals surface area contributed by atoms with Crippen LogP contribution in [0.1, 0.15) is 11.1 Å². The van der Waals surface area contributed by atoms with Gasteiger partial charge < -0.3 is 4.74 Å². The highest BCUT2D eigenvalue weighted by Gasteiger charge is 2.07. The maximum Gasteiger partial charge on any atom is 0.136 e. The number of hydrogen-bond donors (Lipinski definition) is 0. The maximum absolute atomic E-state index is 5.31. The van der Waals surface area contributed by atoms with Crippen LogP contribution < -0.4 is 4.74 Å². The van der Waals surface area contributed by atoms with E-state index < -0.39 is 0 Å². The first kappa shape index (κ1) is 8.57. The van der Waals surface area contributed by atoms with Crippen LogP contribution in [0.15, 0.2) is 17.5 Å². The Labute approximate surface area is 82.0 Å². The van der Waals surface area contributed by atoms with Crippen molar-refractivity contribution in [3.8, 4) is 5.75 Å². The van der Waals surface area contributed by atoms with Gasteiger partial charge in [0, 0.05) is 5.39 Å². The van der Waals surface area contributed by atoms with E-state index in [0.717, 1.165) is 5.75 Å². The highest BCUT2D eigenvalue weighted by Crippen LogP contribution is 2.35. The second kappa shape index (κ2) is 3.04. The van der Waals surface area contributed by atoms with Gasteiger partial charge in [0.05, 0.1) is 11.8 Å². The van der Waals surface area contributed by atoms with Crippen LogP contribution in [-0.4, -0.2) is 7.11 Å². The highest BCUT2D eigenvalue weighted by atomic mass is 32.1. The molecule has 0 spiro atoms. The fraction of sp³-hybridized carbons (Fsp3) is 0.273. The normalized spacial score (nSPS) is 10.7. The van der Waals surface area contributed by atoms with Gasteiger partial charge in [-0.3, -0.25) is 0 Å². The van der Waals surface area contributed by atoms with Crippen LogP contribution in [0.3, 0.4) is 0 Å². The van der Waals surface area contributed by atoms with Gasteiger partial charge in [0.1, 0.15) is 5.75 Å². The van der Waals surface area contributed by atoms with Crippen molar-refractivity contribution >= 4 is 21.4 Å². The average Bonchev–Trinajstić information content (AvgIpc) is 2.50. The Bertz CT molecular complexity index is 443. The summed E-state index contributed by atoms with van der Waals surface area (Å²) in [6.07, 6.45) is 0. The standard InChI is InChI=1S/C11H12OS/c1-7-4-5-9(12-3)11-10(7)8(2)6-13-11/h4-6H,1-3H3. The van der Waals surface area contributed by atoms with Gasteiger partial charge in [0.15, 0.2) is 0 Å². The predicted molar refractivity (Wildman–Crippen MR) is 57.9 cm³/mol. The summed E-state index contributed by atoms with van der Waals surface area (Å²) in [5, 5.41) is 3.53. The van der Waals surface area contributed by atoms with Gasteiger partial charge in [-0.1, -0.05) is 6.07 Å². The first-order chi connectivity index (χ1) is 6.24. The molecule has 13 heavy (non-hydrogen) atoms. The second-order valence-electron chi connectivity index (χ2n) is 3.21. The van der Waals surface area contributed by atoms with Crippen LogP contribution in [-0.2, 0) is 0 Å². The van der Waals surface area contributed by atoms with E-state index in [1.54, 1.807) is 18.4 Å². The molecule has 0 atom stereocenters. The molecule has 0 radical (unpaired) electrons. The van der Waals surface area contributed by atoms with E-state index >= 15 is 0 Å². The zero-order chi connectivity index (χ0) is 9.42. The number of thiophene rings is 1. The van der Waals surface area contributed by atoms with E-state index in [4.69, 9.17) is 4.74 Å². The Balaban J connectivity index is 2.87. The largest absolute Gasteiger partial charge is 0.495 e. The zero-order valence-corrected chi connectivity index (χ0v) is 8.87. The number of aryl methyl sites for hydroxylation is 2. The summed E-state index contributed by atoms with van der Waals surface area (Å²) in [5.41, 5.74) is 2.67. The fourth-order valence-corrected chi connectivity index (χ4v) is 2.76. The average molecular weight is 192 g/mol. The molecule has 1 aromatic carbocycles. The molecule has 2 aromatic rings. The van der Waals surface area contributed by atoms with Gasteiger partial charge in [0.2, 0.25) is 0 Å². The molecule has 0 saturated heterocycles. The van der Waals surface area contributed by atoms with Crippen LogP contribution >= 0.6 is 11.3 Å². The molecule has 0 fully saturated rings. The lowest BCUT2D eigenvalue weighted by molar-refractivity contribution is 0.420. The molecule has 2 rings (SSSR count). The lowest BCUT2D eigenvalue weighted by Crippen LogP contribution is -1.84. The molecule has 2 heteroatoms. The van der Waals surface area contributed by atoms with Crippen molar-refractivity contribution in [1.29, 1.82) is 0 Å². The third kappa shape index (κ3) is 1.22. The predicted octanol–water partition coefficient (Wildman–Crippen LogP) is 3.53. The van der Waals surface area contributed by atoms with Crippen molar-refractivity contribution in [1.82, 2.24) is 0 Å². The molecule has 1 heterocycles. The second-order valence-corrected chi connectivity index (χ2v) is 4.09. The molecule has 1 aromatic heterocycles. The summed E-state index contributed by atoms with van der Waals surface area (Å²) in [6.45, 7) is 4.28. The quantitative estimate of drug-likeness (QED) is 0.671. The molecule has 0 aliphatic carbocycles. The minimum Gasteiger partial charge on any atom is -0.495 e. The van der Waals surface area contributed by atoms with E-state index in [1.165, 1.54) is 21.2 Å². The lowest BCUT2D eigenvalue weighted by atomic mass is 10.1. The van der Waals surface area contributed by atoms with Crippen molar-refractivity contribution in [3.63, 3.8) is 0 Å². The molecular formula is C11H12OS. The minimum absolute atomic E-state index is 0.985. The molecule has 0 saturated carbocycles. The maximum atomic E-state index is 5.31. The van der Waals surface area contributed by atoms with Gasteiger partial charge in [0.25, 0.3) is 0 Å². The highest BCUT2D eigenvalue weighted by molar-refractivity contribution is 7.17. The molecular weight excluding hydrogens is 180 g/mol. The molecule has 1 nitrogen and oxygen atoms in total. The summed E-state index contributed by atoms with van der Waals surface area (Å²) >= 11 is 1.75. The molecule has 68 valence electrons. The number of methoxy groups -OCH3 is 1. The molecule has 0 bridgehead atoms. The number of rotatable bonds is 1. The van der Waals surface area contributed by atoms with Crippen LogP contribution in [0.25, 0.3) is 10.1 Å². The Morgan fingerprint density at radius 2 is 1.92 bits per heavy atom. The van der Waals surface area contributed by atoms with Crippen molar-refractivity contribution in [2.45, 2.75) is 13.8 Å². The molecule has 0 unspecified atom stereocenters. The topological polar surface area (TPSA) is 9.23 Å². The first-order valence-electron chi connectivity index (χ1n) is 4.25. The fourth-order valence-electron chi connectivity index (χ4n) is 1.64. The summed E-state index contributed by atoms with van der Waals surface area (Å²) in [6, 6.07) is 4.15. The minimum atomic E-state index is 0.985. The Hall–Kier alpha value is -1.02. The SMILES string of the molecule is COc1ccc(C)c2c(C)csc12. The summed E-state index contributed by atoms with van der Waals surface area (Å²) in [4.78, 5) is 0. The Morgan fingerprint density at radius 1 is 1.15 bits per heavy atom. The van der Waals surface area contributed by atoms with Gasteiger partial charge >= 0.3 is 0 Å². The molecule has 0 amide bonds. The molecule has 0 aliphatic heterocycles. The van der Waals surface area contributed by atoms with E-state index in [2.05, 4.69) is 25.3 Å². The number of ether oxygens (including phenoxy) is 1. The Kier molecular flexibility index (Phi) is 2.00.